The van der Waals surface area contributed by atoms with Gasteiger partial charge in [-0.2, -0.15) is 0 Å². The van der Waals surface area contributed by atoms with Crippen LogP contribution in [0.5, 0.6) is 0 Å². The highest BCUT2D eigenvalue weighted by molar-refractivity contribution is 5.49. The lowest BCUT2D eigenvalue weighted by molar-refractivity contribution is 0.0321. The Morgan fingerprint density at radius 3 is 2.50 bits per heavy atom. The van der Waals surface area contributed by atoms with E-state index in [2.05, 4.69) is 26.0 Å². The fourth-order valence-electron chi connectivity index (χ4n) is 2.32. The molecule has 0 radical (unpaired) electrons. The topological polar surface area (TPSA) is 20.2 Å². The minimum Gasteiger partial charge on any atom is -0.385 e. The molecule has 12 heavy (non-hydrogen) atoms. The van der Waals surface area contributed by atoms with E-state index < -0.39 is 5.60 Å². The summed E-state index contributed by atoms with van der Waals surface area (Å²) in [6.07, 6.45) is 0.810. The molecule has 0 fully saturated rings. The monoisotopic (exact) mass is 162 g/mol. The van der Waals surface area contributed by atoms with Gasteiger partial charge in [-0.05, 0) is 37.5 Å². The molecule has 0 saturated carbocycles. The first-order valence-corrected chi connectivity index (χ1v) is 4.34. The second kappa shape index (κ2) is 2.11. The van der Waals surface area contributed by atoms with Crippen LogP contribution in [0.15, 0.2) is 12.1 Å². The fourth-order valence-corrected chi connectivity index (χ4v) is 2.32. The Morgan fingerprint density at radius 1 is 1.33 bits per heavy atom. The van der Waals surface area contributed by atoms with E-state index in [1.807, 2.05) is 6.92 Å². The second-order valence-corrected chi connectivity index (χ2v) is 4.07. The summed E-state index contributed by atoms with van der Waals surface area (Å²) >= 11 is 0. The van der Waals surface area contributed by atoms with Gasteiger partial charge in [0.25, 0.3) is 0 Å². The van der Waals surface area contributed by atoms with Crippen molar-refractivity contribution in [3.05, 3.63) is 34.4 Å². The molecule has 0 aromatic heterocycles. The van der Waals surface area contributed by atoms with Crippen molar-refractivity contribution in [2.24, 2.45) is 0 Å². The molecule has 0 unspecified atom stereocenters. The molecule has 0 amide bonds. The van der Waals surface area contributed by atoms with E-state index in [0.717, 1.165) is 12.0 Å². The zero-order valence-electron chi connectivity index (χ0n) is 7.81. The molecule has 64 valence electrons. The van der Waals surface area contributed by atoms with Crippen LogP contribution >= 0.6 is 0 Å². The summed E-state index contributed by atoms with van der Waals surface area (Å²) in [5.74, 6) is 0. The average molecular weight is 162 g/mol. The van der Waals surface area contributed by atoms with E-state index in [9.17, 15) is 5.11 Å². The third kappa shape index (κ3) is 0.896. The number of rotatable bonds is 0. The van der Waals surface area contributed by atoms with Gasteiger partial charge in [0, 0.05) is 6.42 Å². The predicted octanol–water partition coefficient (Wildman–Crippen LogP) is 2.07. The Labute approximate surface area is 73.0 Å². The highest BCUT2D eigenvalue weighted by atomic mass is 16.3. The molecule has 0 saturated heterocycles. The van der Waals surface area contributed by atoms with E-state index >= 15 is 0 Å². The Balaban J connectivity index is 2.61. The number of fused-ring (bicyclic) bond motifs is 1. The molecule has 1 heteroatoms. The maximum atomic E-state index is 9.84. The Bertz CT molecular complexity index is 320. The van der Waals surface area contributed by atoms with Gasteiger partial charge in [-0.1, -0.05) is 17.7 Å². The summed E-state index contributed by atoms with van der Waals surface area (Å²) in [5.41, 5.74) is 4.42. The molecule has 0 aliphatic heterocycles. The predicted molar refractivity (Wildman–Crippen MR) is 49.2 cm³/mol. The Morgan fingerprint density at radius 2 is 2.00 bits per heavy atom. The first kappa shape index (κ1) is 7.81. The molecule has 1 N–H and O–H groups in total. The first-order valence-electron chi connectivity index (χ1n) is 4.34. The van der Waals surface area contributed by atoms with Crippen molar-refractivity contribution in [3.63, 3.8) is 0 Å². The third-order valence-corrected chi connectivity index (χ3v) is 2.63. The van der Waals surface area contributed by atoms with Crippen molar-refractivity contribution in [3.8, 4) is 0 Å². The molecule has 0 spiro atoms. The standard InChI is InChI=1S/C11H14O/c1-7-4-8(2)10-9(5-7)6-11(10,3)12/h4-5,12H,6H2,1-3H3/t11-/m0/s1. The lowest BCUT2D eigenvalue weighted by Crippen LogP contribution is -2.36. The van der Waals surface area contributed by atoms with Crippen molar-refractivity contribution >= 4 is 0 Å². The van der Waals surface area contributed by atoms with Gasteiger partial charge in [0.2, 0.25) is 0 Å². The van der Waals surface area contributed by atoms with E-state index in [1.165, 1.54) is 16.7 Å². The number of hydrogen-bond acceptors (Lipinski definition) is 1. The van der Waals surface area contributed by atoms with Crippen LogP contribution in [0.2, 0.25) is 0 Å². The summed E-state index contributed by atoms with van der Waals surface area (Å²) in [7, 11) is 0. The van der Waals surface area contributed by atoms with E-state index in [-0.39, 0.29) is 0 Å². The Hall–Kier alpha value is -0.820. The maximum absolute atomic E-state index is 9.84. The molecular formula is C11H14O. The van der Waals surface area contributed by atoms with Gasteiger partial charge in [-0.3, -0.25) is 0 Å². The minimum absolute atomic E-state index is 0.562. The van der Waals surface area contributed by atoms with Crippen LogP contribution in [-0.2, 0) is 12.0 Å². The van der Waals surface area contributed by atoms with Crippen molar-refractivity contribution in [2.75, 3.05) is 0 Å². The molecule has 1 aromatic carbocycles. The maximum Gasteiger partial charge on any atom is 0.0914 e. The van der Waals surface area contributed by atoms with Gasteiger partial charge in [0.05, 0.1) is 5.60 Å². The Kier molecular flexibility index (Phi) is 1.37. The lowest BCUT2D eigenvalue weighted by atomic mass is 9.72. The molecule has 1 aliphatic carbocycles. The van der Waals surface area contributed by atoms with E-state index in [0.29, 0.717) is 0 Å². The normalized spacial score (nSPS) is 26.3. The quantitative estimate of drug-likeness (QED) is 0.619. The van der Waals surface area contributed by atoms with Gasteiger partial charge in [0.15, 0.2) is 0 Å². The van der Waals surface area contributed by atoms with Gasteiger partial charge >= 0.3 is 0 Å². The summed E-state index contributed by atoms with van der Waals surface area (Å²) in [4.78, 5) is 0. The highest BCUT2D eigenvalue weighted by Gasteiger charge is 2.37. The lowest BCUT2D eigenvalue weighted by Gasteiger charge is -2.38. The number of hydrogen-bond donors (Lipinski definition) is 1. The average Bonchev–Trinajstić information content (AvgIpc) is 1.81. The zero-order valence-corrected chi connectivity index (χ0v) is 7.81. The largest absolute Gasteiger partial charge is 0.385 e. The van der Waals surface area contributed by atoms with Crippen molar-refractivity contribution in [1.82, 2.24) is 0 Å². The molecule has 0 bridgehead atoms. The molecular weight excluding hydrogens is 148 g/mol. The van der Waals surface area contributed by atoms with Crippen molar-refractivity contribution in [1.29, 1.82) is 0 Å². The van der Waals surface area contributed by atoms with E-state index in [4.69, 9.17) is 0 Å². The first-order chi connectivity index (χ1) is 5.50. The molecule has 1 aromatic rings. The number of aryl methyl sites for hydroxylation is 2. The van der Waals surface area contributed by atoms with Crippen LogP contribution in [-0.4, -0.2) is 5.11 Å². The minimum atomic E-state index is -0.562. The number of benzene rings is 1. The van der Waals surface area contributed by atoms with E-state index in [1.54, 1.807) is 0 Å². The van der Waals surface area contributed by atoms with Crippen LogP contribution in [0.25, 0.3) is 0 Å². The van der Waals surface area contributed by atoms with Crippen LogP contribution in [0.3, 0.4) is 0 Å². The zero-order chi connectivity index (χ0) is 8.93. The van der Waals surface area contributed by atoms with Crippen LogP contribution in [0.1, 0.15) is 29.2 Å². The molecule has 1 nitrogen and oxygen atoms in total. The third-order valence-electron chi connectivity index (χ3n) is 2.63. The smallest absolute Gasteiger partial charge is 0.0914 e. The fraction of sp³-hybridized carbons (Fsp3) is 0.455. The SMILES string of the molecule is Cc1cc(C)c2c(c1)C[C@]2(C)O. The molecule has 2 rings (SSSR count). The van der Waals surface area contributed by atoms with Crippen LogP contribution < -0.4 is 0 Å². The summed E-state index contributed by atoms with van der Waals surface area (Å²) in [5, 5.41) is 9.84. The molecule has 1 atom stereocenters. The van der Waals surface area contributed by atoms with Crippen LogP contribution in [0, 0.1) is 13.8 Å². The number of aliphatic hydroxyl groups is 1. The van der Waals surface area contributed by atoms with Crippen molar-refractivity contribution in [2.45, 2.75) is 32.8 Å². The highest BCUT2D eigenvalue weighted by Crippen LogP contribution is 2.41. The van der Waals surface area contributed by atoms with Crippen LogP contribution in [0.4, 0.5) is 0 Å². The van der Waals surface area contributed by atoms with Crippen molar-refractivity contribution < 1.29 is 5.11 Å². The summed E-state index contributed by atoms with van der Waals surface area (Å²) < 4.78 is 0. The summed E-state index contributed by atoms with van der Waals surface area (Å²) in [6.45, 7) is 6.05. The summed E-state index contributed by atoms with van der Waals surface area (Å²) in [6, 6.07) is 4.30. The van der Waals surface area contributed by atoms with Gasteiger partial charge in [0.1, 0.15) is 0 Å². The van der Waals surface area contributed by atoms with Gasteiger partial charge in [-0.25, -0.2) is 0 Å². The van der Waals surface area contributed by atoms with Gasteiger partial charge in [-0.15, -0.1) is 0 Å². The molecule has 0 heterocycles. The van der Waals surface area contributed by atoms with Gasteiger partial charge < -0.3 is 5.11 Å². The second-order valence-electron chi connectivity index (χ2n) is 4.07. The molecule has 1 aliphatic rings.